The number of aromatic nitrogens is 2. The second kappa shape index (κ2) is 2.19. The van der Waals surface area contributed by atoms with Crippen molar-refractivity contribution in [1.82, 2.24) is 15.5 Å². The Bertz CT molecular complexity index is 384. The molecule has 4 heteroatoms. The summed E-state index contributed by atoms with van der Waals surface area (Å²) in [7, 11) is 0. The minimum atomic E-state index is 0.261. The zero-order valence-electron chi connectivity index (χ0n) is 7.99. The molecule has 14 heavy (non-hydrogen) atoms. The second-order valence-electron chi connectivity index (χ2n) is 4.92. The third-order valence-corrected chi connectivity index (χ3v) is 3.88. The molecule has 0 bridgehead atoms. The van der Waals surface area contributed by atoms with Crippen molar-refractivity contribution in [1.29, 1.82) is 0 Å². The smallest absolute Gasteiger partial charge is 0.229 e. The monoisotopic (exact) mass is 191 g/mol. The minimum Gasteiger partial charge on any atom is -0.339 e. The quantitative estimate of drug-likeness (QED) is 0.751. The maximum Gasteiger partial charge on any atom is 0.229 e. The van der Waals surface area contributed by atoms with Crippen molar-refractivity contribution >= 4 is 0 Å². The van der Waals surface area contributed by atoms with E-state index in [1.54, 1.807) is 0 Å². The number of piperidine rings is 1. The van der Waals surface area contributed by atoms with E-state index >= 15 is 0 Å². The molecule has 3 fully saturated rings. The number of nitrogens with zero attached hydrogens (tertiary/aromatic N) is 2. The number of hydrogen-bond donors (Lipinski definition) is 1. The van der Waals surface area contributed by atoms with E-state index in [0.717, 1.165) is 30.7 Å². The Morgan fingerprint density at radius 3 is 3.00 bits per heavy atom. The third kappa shape index (κ3) is 0.823. The van der Waals surface area contributed by atoms with Crippen LogP contribution in [0.25, 0.3) is 0 Å². The van der Waals surface area contributed by atoms with Crippen molar-refractivity contribution in [2.24, 2.45) is 5.92 Å². The summed E-state index contributed by atoms with van der Waals surface area (Å²) in [5.41, 5.74) is 0.261. The molecule has 4 nitrogen and oxygen atoms in total. The molecular weight excluding hydrogens is 178 g/mol. The molecule has 74 valence electrons. The van der Waals surface area contributed by atoms with E-state index in [0.29, 0.717) is 5.92 Å². The molecule has 3 aliphatic rings. The van der Waals surface area contributed by atoms with Crippen LogP contribution in [0, 0.1) is 5.92 Å². The van der Waals surface area contributed by atoms with Crippen LogP contribution >= 0.6 is 0 Å². The molecule has 1 aromatic rings. The lowest BCUT2D eigenvalue weighted by atomic mass is 10.1. The summed E-state index contributed by atoms with van der Waals surface area (Å²) >= 11 is 0. The lowest BCUT2D eigenvalue weighted by Gasteiger charge is -2.03. The Labute approximate surface area is 82.1 Å². The normalized spacial score (nSPS) is 39.9. The Morgan fingerprint density at radius 1 is 1.43 bits per heavy atom. The summed E-state index contributed by atoms with van der Waals surface area (Å²) in [5.74, 6) is 3.20. The van der Waals surface area contributed by atoms with Crippen molar-refractivity contribution in [2.45, 2.75) is 30.6 Å². The molecule has 2 aliphatic carbocycles. The standard InChI is InChI=1S/C10H13N3O/c1-2-6(1)8-12-9(13-14-8)10-3-7(10)4-11-5-10/h6-7,11H,1-5H2. The highest BCUT2D eigenvalue weighted by Gasteiger charge is 2.61. The zero-order valence-corrected chi connectivity index (χ0v) is 7.99. The Morgan fingerprint density at radius 2 is 2.36 bits per heavy atom. The Balaban J connectivity index is 1.69. The van der Waals surface area contributed by atoms with Crippen LogP contribution in [-0.4, -0.2) is 23.2 Å². The van der Waals surface area contributed by atoms with E-state index < -0.39 is 0 Å². The average Bonchev–Trinajstić information content (AvgIpc) is 3.09. The minimum absolute atomic E-state index is 0.261. The molecule has 0 aromatic carbocycles. The largest absolute Gasteiger partial charge is 0.339 e. The third-order valence-electron chi connectivity index (χ3n) is 3.88. The molecule has 1 N–H and O–H groups in total. The van der Waals surface area contributed by atoms with Crippen LogP contribution in [0.3, 0.4) is 0 Å². The molecular formula is C10H13N3O. The van der Waals surface area contributed by atoms with Gasteiger partial charge in [0, 0.05) is 12.5 Å². The van der Waals surface area contributed by atoms with Gasteiger partial charge in [0.1, 0.15) is 0 Å². The first-order chi connectivity index (χ1) is 6.88. The van der Waals surface area contributed by atoms with Crippen LogP contribution in [0.1, 0.15) is 36.9 Å². The Hall–Kier alpha value is -0.900. The van der Waals surface area contributed by atoms with Crippen LogP contribution in [0.5, 0.6) is 0 Å². The van der Waals surface area contributed by atoms with Gasteiger partial charge in [-0.2, -0.15) is 4.98 Å². The van der Waals surface area contributed by atoms with E-state index in [-0.39, 0.29) is 5.41 Å². The molecule has 2 unspecified atom stereocenters. The van der Waals surface area contributed by atoms with Gasteiger partial charge in [0.15, 0.2) is 5.82 Å². The lowest BCUT2D eigenvalue weighted by Crippen LogP contribution is -2.20. The summed E-state index contributed by atoms with van der Waals surface area (Å²) in [6, 6.07) is 0. The van der Waals surface area contributed by atoms with E-state index in [2.05, 4.69) is 15.5 Å². The fraction of sp³-hybridized carbons (Fsp3) is 0.800. The van der Waals surface area contributed by atoms with Gasteiger partial charge in [0.2, 0.25) is 5.89 Å². The second-order valence-corrected chi connectivity index (χ2v) is 4.92. The van der Waals surface area contributed by atoms with E-state index in [1.807, 2.05) is 0 Å². The zero-order chi connectivity index (χ0) is 9.17. The lowest BCUT2D eigenvalue weighted by molar-refractivity contribution is 0.369. The van der Waals surface area contributed by atoms with E-state index in [4.69, 9.17) is 4.52 Å². The summed E-state index contributed by atoms with van der Waals surface area (Å²) in [5, 5.41) is 7.54. The highest BCUT2D eigenvalue weighted by atomic mass is 16.5. The van der Waals surface area contributed by atoms with Crippen LogP contribution in [-0.2, 0) is 5.41 Å². The maximum absolute atomic E-state index is 5.30. The predicted molar refractivity (Wildman–Crippen MR) is 48.9 cm³/mol. The number of rotatable bonds is 2. The highest BCUT2D eigenvalue weighted by Crippen LogP contribution is 2.55. The molecule has 1 aromatic heterocycles. The first kappa shape index (κ1) is 7.40. The first-order valence-electron chi connectivity index (χ1n) is 5.43. The van der Waals surface area contributed by atoms with Crippen molar-refractivity contribution in [3.63, 3.8) is 0 Å². The first-order valence-corrected chi connectivity index (χ1v) is 5.43. The van der Waals surface area contributed by atoms with Gasteiger partial charge >= 0.3 is 0 Å². The van der Waals surface area contributed by atoms with Gasteiger partial charge in [-0.15, -0.1) is 0 Å². The summed E-state index contributed by atoms with van der Waals surface area (Å²) in [4.78, 5) is 4.55. The van der Waals surface area contributed by atoms with Crippen molar-refractivity contribution in [3.8, 4) is 0 Å². The molecule has 0 radical (unpaired) electrons. The van der Waals surface area contributed by atoms with Crippen LogP contribution in [0.2, 0.25) is 0 Å². The van der Waals surface area contributed by atoms with Gasteiger partial charge in [-0.1, -0.05) is 5.16 Å². The van der Waals surface area contributed by atoms with Gasteiger partial charge in [-0.05, 0) is 31.7 Å². The van der Waals surface area contributed by atoms with Crippen molar-refractivity contribution in [2.75, 3.05) is 13.1 Å². The topological polar surface area (TPSA) is 51.0 Å². The van der Waals surface area contributed by atoms with Gasteiger partial charge in [-0.25, -0.2) is 0 Å². The molecule has 0 spiro atoms. The van der Waals surface area contributed by atoms with E-state index in [1.165, 1.54) is 19.3 Å². The SMILES string of the molecule is C1CC1c1nc(C23CNCC2C3)no1. The maximum atomic E-state index is 5.30. The fourth-order valence-corrected chi connectivity index (χ4v) is 2.62. The summed E-state index contributed by atoms with van der Waals surface area (Å²) in [6.07, 6.45) is 3.72. The fourth-order valence-electron chi connectivity index (χ4n) is 2.62. The molecule has 2 heterocycles. The number of fused-ring (bicyclic) bond motifs is 1. The molecule has 0 amide bonds. The van der Waals surface area contributed by atoms with Crippen LogP contribution in [0.4, 0.5) is 0 Å². The van der Waals surface area contributed by atoms with Gasteiger partial charge in [0.25, 0.3) is 0 Å². The molecule has 4 rings (SSSR count). The Kier molecular flexibility index (Phi) is 1.16. The van der Waals surface area contributed by atoms with Gasteiger partial charge in [0.05, 0.1) is 5.41 Å². The molecule has 2 atom stereocenters. The van der Waals surface area contributed by atoms with Gasteiger partial charge in [-0.3, -0.25) is 0 Å². The van der Waals surface area contributed by atoms with Crippen LogP contribution in [0.15, 0.2) is 4.52 Å². The predicted octanol–water partition coefficient (Wildman–Crippen LogP) is 0.808. The summed E-state index contributed by atoms with van der Waals surface area (Å²) in [6.45, 7) is 2.18. The summed E-state index contributed by atoms with van der Waals surface area (Å²) < 4.78 is 5.30. The number of nitrogens with one attached hydrogen (secondary N) is 1. The molecule has 1 aliphatic heterocycles. The number of hydrogen-bond acceptors (Lipinski definition) is 4. The highest BCUT2D eigenvalue weighted by molar-refractivity contribution is 5.27. The van der Waals surface area contributed by atoms with Crippen molar-refractivity contribution < 1.29 is 4.52 Å². The molecule has 1 saturated heterocycles. The average molecular weight is 191 g/mol. The van der Waals surface area contributed by atoms with E-state index in [9.17, 15) is 0 Å². The van der Waals surface area contributed by atoms with Gasteiger partial charge < -0.3 is 9.84 Å². The van der Waals surface area contributed by atoms with Crippen LogP contribution < -0.4 is 5.32 Å². The molecule has 2 saturated carbocycles. The van der Waals surface area contributed by atoms with Crippen molar-refractivity contribution in [3.05, 3.63) is 11.7 Å².